The fourth-order valence-electron chi connectivity index (χ4n) is 1.10. The molecule has 1 atom stereocenters. The van der Waals surface area contributed by atoms with E-state index in [2.05, 4.69) is 50.3 Å². The molecule has 0 aromatic carbocycles. The third-order valence-electron chi connectivity index (χ3n) is 2.95. The Morgan fingerprint density at radius 3 is 2.60 bits per heavy atom. The molecule has 1 aromatic heterocycles. The van der Waals surface area contributed by atoms with Crippen molar-refractivity contribution in [1.29, 1.82) is 0 Å². The molecule has 1 heterocycles. The molecule has 0 bridgehead atoms. The van der Waals surface area contributed by atoms with Crippen LogP contribution in [0.1, 0.15) is 40.3 Å². The topological polar surface area (TPSA) is 24.9 Å². The molecule has 2 nitrogen and oxygen atoms in total. The van der Waals surface area contributed by atoms with Gasteiger partial charge in [0.1, 0.15) is 0 Å². The van der Waals surface area contributed by atoms with Crippen LogP contribution in [-0.2, 0) is 6.42 Å². The Hall–Kier alpha value is -0.570. The van der Waals surface area contributed by atoms with Crippen LogP contribution in [0.2, 0.25) is 0 Å². The predicted octanol–water partition coefficient (Wildman–Crippen LogP) is 3.80. The van der Waals surface area contributed by atoms with Gasteiger partial charge < -0.3 is 5.32 Å². The molecule has 0 aliphatic heterocycles. The van der Waals surface area contributed by atoms with E-state index in [1.807, 2.05) is 0 Å². The van der Waals surface area contributed by atoms with Crippen LogP contribution in [0.3, 0.4) is 0 Å². The normalized spacial score (nSPS) is 13.9. The van der Waals surface area contributed by atoms with Gasteiger partial charge in [0.25, 0.3) is 0 Å². The molecule has 0 aliphatic rings. The van der Waals surface area contributed by atoms with Crippen molar-refractivity contribution in [2.45, 2.75) is 41.0 Å². The lowest BCUT2D eigenvalue weighted by Gasteiger charge is -2.27. The lowest BCUT2D eigenvalue weighted by Crippen LogP contribution is -2.24. The standard InChI is InChI=1S/C12H22N2S/c1-6-10-8-15-11(14-10)13-7-9(2)12(3,4)5/h8-9H,6-7H2,1-5H3,(H,13,14). The number of nitrogens with zero attached hydrogens (tertiary/aromatic N) is 1. The molecule has 0 spiro atoms. The maximum Gasteiger partial charge on any atom is 0.182 e. The first-order valence-corrected chi connectivity index (χ1v) is 6.49. The molecule has 0 aliphatic carbocycles. The van der Waals surface area contributed by atoms with Gasteiger partial charge in [0.15, 0.2) is 5.13 Å². The van der Waals surface area contributed by atoms with Crippen LogP contribution in [0.25, 0.3) is 0 Å². The zero-order valence-corrected chi connectivity index (χ0v) is 11.2. The summed E-state index contributed by atoms with van der Waals surface area (Å²) in [6, 6.07) is 0. The molecule has 0 fully saturated rings. The molecule has 15 heavy (non-hydrogen) atoms. The molecule has 3 heteroatoms. The Morgan fingerprint density at radius 1 is 1.47 bits per heavy atom. The van der Waals surface area contributed by atoms with Gasteiger partial charge in [-0.15, -0.1) is 11.3 Å². The molecule has 0 amide bonds. The van der Waals surface area contributed by atoms with Gasteiger partial charge >= 0.3 is 0 Å². The van der Waals surface area contributed by atoms with Crippen LogP contribution < -0.4 is 5.32 Å². The zero-order chi connectivity index (χ0) is 11.5. The number of hydrogen-bond acceptors (Lipinski definition) is 3. The summed E-state index contributed by atoms with van der Waals surface area (Å²) in [5, 5.41) is 6.60. The highest BCUT2D eigenvalue weighted by atomic mass is 32.1. The molecule has 86 valence electrons. The van der Waals surface area contributed by atoms with Crippen molar-refractivity contribution in [3.8, 4) is 0 Å². The van der Waals surface area contributed by atoms with E-state index >= 15 is 0 Å². The van der Waals surface area contributed by atoms with Crippen molar-refractivity contribution in [3.63, 3.8) is 0 Å². The largest absolute Gasteiger partial charge is 0.361 e. The third kappa shape index (κ3) is 3.82. The lowest BCUT2D eigenvalue weighted by molar-refractivity contribution is 0.274. The number of aryl methyl sites for hydroxylation is 1. The van der Waals surface area contributed by atoms with Crippen LogP contribution in [0.5, 0.6) is 0 Å². The fraction of sp³-hybridized carbons (Fsp3) is 0.750. The van der Waals surface area contributed by atoms with E-state index in [0.717, 1.165) is 18.1 Å². The summed E-state index contributed by atoms with van der Waals surface area (Å²) >= 11 is 1.70. The molecular weight excluding hydrogens is 204 g/mol. The summed E-state index contributed by atoms with van der Waals surface area (Å²) in [5.41, 5.74) is 1.55. The minimum absolute atomic E-state index is 0.359. The van der Waals surface area contributed by atoms with E-state index in [0.29, 0.717) is 11.3 Å². The van der Waals surface area contributed by atoms with Gasteiger partial charge in [0.05, 0.1) is 5.69 Å². The summed E-state index contributed by atoms with van der Waals surface area (Å²) in [6.07, 6.45) is 1.02. The van der Waals surface area contributed by atoms with E-state index < -0.39 is 0 Å². The van der Waals surface area contributed by atoms with Crippen LogP contribution in [0.4, 0.5) is 5.13 Å². The van der Waals surface area contributed by atoms with Gasteiger partial charge in [-0.2, -0.15) is 0 Å². The molecule has 1 rings (SSSR count). The first-order chi connectivity index (χ1) is 6.93. The van der Waals surface area contributed by atoms with E-state index in [1.165, 1.54) is 5.69 Å². The Bertz CT molecular complexity index is 299. The molecule has 1 N–H and O–H groups in total. The molecule has 1 unspecified atom stereocenters. The van der Waals surface area contributed by atoms with Gasteiger partial charge in [-0.05, 0) is 17.8 Å². The van der Waals surface area contributed by atoms with E-state index in [1.54, 1.807) is 11.3 Å². The first-order valence-electron chi connectivity index (χ1n) is 5.61. The quantitative estimate of drug-likeness (QED) is 0.844. The second-order valence-electron chi connectivity index (χ2n) is 5.15. The number of anilines is 1. The summed E-state index contributed by atoms with van der Waals surface area (Å²) in [6.45, 7) is 12.2. The monoisotopic (exact) mass is 226 g/mol. The van der Waals surface area contributed by atoms with Crippen molar-refractivity contribution in [3.05, 3.63) is 11.1 Å². The van der Waals surface area contributed by atoms with Crippen LogP contribution in [0, 0.1) is 11.3 Å². The highest BCUT2D eigenvalue weighted by Crippen LogP contribution is 2.26. The Balaban J connectivity index is 2.43. The minimum atomic E-state index is 0.359. The van der Waals surface area contributed by atoms with Gasteiger partial charge in [-0.25, -0.2) is 4.98 Å². The highest BCUT2D eigenvalue weighted by molar-refractivity contribution is 7.13. The lowest BCUT2D eigenvalue weighted by atomic mass is 9.82. The van der Waals surface area contributed by atoms with Crippen LogP contribution >= 0.6 is 11.3 Å². The van der Waals surface area contributed by atoms with Gasteiger partial charge in [-0.3, -0.25) is 0 Å². The molecule has 1 aromatic rings. The third-order valence-corrected chi connectivity index (χ3v) is 3.80. The molecule has 0 radical (unpaired) electrons. The summed E-state index contributed by atoms with van der Waals surface area (Å²) in [5.74, 6) is 0.645. The van der Waals surface area contributed by atoms with E-state index in [-0.39, 0.29) is 0 Å². The number of hydrogen-bond donors (Lipinski definition) is 1. The highest BCUT2D eigenvalue weighted by Gasteiger charge is 2.19. The van der Waals surface area contributed by atoms with E-state index in [4.69, 9.17) is 0 Å². The van der Waals surface area contributed by atoms with Crippen molar-refractivity contribution < 1.29 is 0 Å². The van der Waals surface area contributed by atoms with Gasteiger partial charge in [0, 0.05) is 11.9 Å². The van der Waals surface area contributed by atoms with Crippen molar-refractivity contribution >= 4 is 16.5 Å². The number of aromatic nitrogens is 1. The molecular formula is C12H22N2S. The van der Waals surface area contributed by atoms with Crippen LogP contribution in [0.15, 0.2) is 5.38 Å². The van der Waals surface area contributed by atoms with Crippen molar-refractivity contribution in [2.75, 3.05) is 11.9 Å². The van der Waals surface area contributed by atoms with Crippen molar-refractivity contribution in [2.24, 2.45) is 11.3 Å². The second kappa shape index (κ2) is 4.97. The zero-order valence-electron chi connectivity index (χ0n) is 10.4. The summed E-state index contributed by atoms with van der Waals surface area (Å²) < 4.78 is 0. The minimum Gasteiger partial charge on any atom is -0.361 e. The van der Waals surface area contributed by atoms with Crippen molar-refractivity contribution in [1.82, 2.24) is 4.98 Å². The average Bonchev–Trinajstić information content (AvgIpc) is 2.60. The van der Waals surface area contributed by atoms with Gasteiger partial charge in [0.2, 0.25) is 0 Å². The Kier molecular flexibility index (Phi) is 4.14. The SMILES string of the molecule is CCc1csc(NCC(C)C(C)(C)C)n1. The maximum atomic E-state index is 4.49. The molecule has 0 saturated carbocycles. The average molecular weight is 226 g/mol. The second-order valence-corrected chi connectivity index (χ2v) is 6.00. The maximum absolute atomic E-state index is 4.49. The smallest absolute Gasteiger partial charge is 0.182 e. The number of nitrogens with one attached hydrogen (secondary N) is 1. The van der Waals surface area contributed by atoms with Gasteiger partial charge in [-0.1, -0.05) is 34.6 Å². The first kappa shape index (κ1) is 12.5. The Labute approximate surface area is 97.1 Å². The number of rotatable bonds is 4. The molecule has 0 saturated heterocycles. The van der Waals surface area contributed by atoms with Crippen LogP contribution in [-0.4, -0.2) is 11.5 Å². The van der Waals surface area contributed by atoms with E-state index in [9.17, 15) is 0 Å². The summed E-state index contributed by atoms with van der Waals surface area (Å²) in [7, 11) is 0. The fourth-order valence-corrected chi connectivity index (χ4v) is 1.90. The number of thiazole rings is 1. The Morgan fingerprint density at radius 2 is 2.13 bits per heavy atom. The summed E-state index contributed by atoms with van der Waals surface area (Å²) in [4.78, 5) is 4.49. The predicted molar refractivity (Wildman–Crippen MR) is 68.6 cm³/mol.